The molecule has 1 aromatic carbocycles. The van der Waals surface area contributed by atoms with Crippen LogP contribution in [0.3, 0.4) is 0 Å². The van der Waals surface area contributed by atoms with E-state index in [0.717, 1.165) is 4.88 Å². The average molecular weight is 389 g/mol. The van der Waals surface area contributed by atoms with Gasteiger partial charge >= 0.3 is 0 Å². The van der Waals surface area contributed by atoms with E-state index in [-0.39, 0.29) is 24.5 Å². The Labute approximate surface area is 160 Å². The zero-order chi connectivity index (χ0) is 18.7. The van der Waals surface area contributed by atoms with Crippen LogP contribution in [0.5, 0.6) is 5.75 Å². The van der Waals surface area contributed by atoms with Gasteiger partial charge in [0.05, 0.1) is 28.9 Å². The normalized spacial score (nSPS) is 14.7. The van der Waals surface area contributed by atoms with Crippen molar-refractivity contribution in [1.29, 1.82) is 0 Å². The molecular weight excluding hydrogens is 370 g/mol. The molecule has 26 heavy (non-hydrogen) atoms. The Balaban J connectivity index is 1.93. The second-order valence-electron chi connectivity index (χ2n) is 5.86. The molecule has 0 unspecified atom stereocenters. The maximum atomic E-state index is 13.0. The van der Waals surface area contributed by atoms with Gasteiger partial charge in [0.25, 0.3) is 11.8 Å². The number of aliphatic hydroxyl groups excluding tert-OH is 1. The lowest BCUT2D eigenvalue weighted by molar-refractivity contribution is -0.119. The third kappa shape index (κ3) is 3.70. The molecule has 0 aliphatic carbocycles. The summed E-state index contributed by atoms with van der Waals surface area (Å²) in [6.45, 7) is 3.81. The molecule has 0 bridgehead atoms. The van der Waals surface area contributed by atoms with E-state index in [2.05, 4.69) is 0 Å². The van der Waals surface area contributed by atoms with E-state index in [1.54, 1.807) is 24.3 Å². The molecule has 2 amide bonds. The molecule has 3 rings (SSSR count). The number of amides is 2. The van der Waals surface area contributed by atoms with Crippen molar-refractivity contribution in [3.05, 3.63) is 51.6 Å². The highest BCUT2D eigenvalue weighted by Gasteiger charge is 2.40. The largest absolute Gasteiger partial charge is 0.491 e. The quantitative estimate of drug-likeness (QED) is 0.734. The minimum absolute atomic E-state index is 0.0458. The highest BCUT2D eigenvalue weighted by atomic mass is 32.2. The van der Waals surface area contributed by atoms with Crippen LogP contribution in [-0.4, -0.2) is 35.4 Å². The Kier molecular flexibility index (Phi) is 5.80. The van der Waals surface area contributed by atoms with Crippen LogP contribution in [-0.2, 0) is 9.59 Å². The van der Waals surface area contributed by atoms with Gasteiger partial charge in [-0.25, -0.2) is 4.90 Å². The monoisotopic (exact) mass is 389 g/mol. The number of thiophene rings is 1. The van der Waals surface area contributed by atoms with Gasteiger partial charge in [-0.1, -0.05) is 6.07 Å². The number of carbonyl (C=O) groups excluding carboxylic acids is 2. The molecule has 5 nitrogen and oxygen atoms in total. The van der Waals surface area contributed by atoms with Gasteiger partial charge in [-0.15, -0.1) is 23.1 Å². The highest BCUT2D eigenvalue weighted by molar-refractivity contribution is 8.04. The van der Waals surface area contributed by atoms with Gasteiger partial charge in [0.15, 0.2) is 0 Å². The molecule has 7 heteroatoms. The van der Waals surface area contributed by atoms with Crippen molar-refractivity contribution in [2.24, 2.45) is 0 Å². The van der Waals surface area contributed by atoms with Gasteiger partial charge in [0.2, 0.25) is 0 Å². The van der Waals surface area contributed by atoms with E-state index < -0.39 is 0 Å². The second kappa shape index (κ2) is 8.07. The number of hydrogen-bond acceptors (Lipinski definition) is 6. The molecule has 0 saturated heterocycles. The van der Waals surface area contributed by atoms with Crippen LogP contribution in [0.15, 0.2) is 46.7 Å². The number of imide groups is 1. The first kappa shape index (κ1) is 18.7. The van der Waals surface area contributed by atoms with Crippen LogP contribution in [0.4, 0.5) is 5.69 Å². The third-order valence-corrected chi connectivity index (χ3v) is 5.55. The number of aliphatic hydroxyl groups is 1. The average Bonchev–Trinajstić information content (AvgIpc) is 3.20. The summed E-state index contributed by atoms with van der Waals surface area (Å²) in [7, 11) is 0. The van der Waals surface area contributed by atoms with Crippen molar-refractivity contribution in [3.63, 3.8) is 0 Å². The van der Waals surface area contributed by atoms with Gasteiger partial charge in [-0.3, -0.25) is 9.59 Å². The number of rotatable bonds is 7. The highest BCUT2D eigenvalue weighted by Crippen LogP contribution is 2.39. The van der Waals surface area contributed by atoms with Crippen molar-refractivity contribution in [3.8, 4) is 5.75 Å². The fourth-order valence-corrected chi connectivity index (χ4v) is 4.29. The van der Waals surface area contributed by atoms with Crippen LogP contribution < -0.4 is 9.64 Å². The van der Waals surface area contributed by atoms with E-state index in [9.17, 15) is 9.59 Å². The topological polar surface area (TPSA) is 66.8 Å². The van der Waals surface area contributed by atoms with Crippen molar-refractivity contribution in [2.75, 3.05) is 17.3 Å². The van der Waals surface area contributed by atoms with Gasteiger partial charge in [0, 0.05) is 10.6 Å². The Hall–Kier alpha value is -2.09. The van der Waals surface area contributed by atoms with Gasteiger partial charge in [-0.2, -0.15) is 0 Å². The van der Waals surface area contributed by atoms with Crippen molar-refractivity contribution in [2.45, 2.75) is 20.0 Å². The summed E-state index contributed by atoms with van der Waals surface area (Å²) in [6, 6.07) is 10.6. The molecule has 0 radical (unpaired) electrons. The van der Waals surface area contributed by atoms with Crippen LogP contribution in [0, 0.1) is 0 Å². The standard InChI is InChI=1S/C19H19NO4S2/c1-12(2)24-14-7-5-13(6-8-14)20-18(22)16(15-4-3-10-25-15)17(19(20)23)26-11-9-21/h3-8,10,12,21H,9,11H2,1-2H3. The lowest BCUT2D eigenvalue weighted by atomic mass is 10.2. The predicted octanol–water partition coefficient (Wildman–Crippen LogP) is 3.55. The summed E-state index contributed by atoms with van der Waals surface area (Å²) in [4.78, 5) is 28.2. The van der Waals surface area contributed by atoms with Gasteiger partial charge in [0.1, 0.15) is 5.75 Å². The van der Waals surface area contributed by atoms with E-state index in [1.165, 1.54) is 28.0 Å². The lowest BCUT2D eigenvalue weighted by Crippen LogP contribution is -2.31. The molecule has 1 N–H and O–H groups in total. The summed E-state index contributed by atoms with van der Waals surface area (Å²) in [5, 5.41) is 11.0. The van der Waals surface area contributed by atoms with Crippen LogP contribution in [0.2, 0.25) is 0 Å². The Morgan fingerprint density at radius 3 is 2.46 bits per heavy atom. The Morgan fingerprint density at radius 2 is 1.88 bits per heavy atom. The van der Waals surface area contributed by atoms with E-state index in [4.69, 9.17) is 9.84 Å². The molecule has 1 aromatic heterocycles. The van der Waals surface area contributed by atoms with Crippen molar-refractivity contribution < 1.29 is 19.4 Å². The summed E-state index contributed by atoms with van der Waals surface area (Å²) in [6.07, 6.45) is 0.0458. The number of benzene rings is 1. The molecule has 0 spiro atoms. The van der Waals surface area contributed by atoms with Crippen molar-refractivity contribution in [1.82, 2.24) is 0 Å². The number of hydrogen-bond donors (Lipinski definition) is 1. The van der Waals surface area contributed by atoms with Crippen LogP contribution in [0.25, 0.3) is 5.57 Å². The number of carbonyl (C=O) groups is 2. The van der Waals surface area contributed by atoms with E-state index >= 15 is 0 Å². The van der Waals surface area contributed by atoms with E-state index in [0.29, 0.717) is 27.7 Å². The number of anilines is 1. The lowest BCUT2D eigenvalue weighted by Gasteiger charge is -2.16. The first-order valence-corrected chi connectivity index (χ1v) is 10.1. The minimum Gasteiger partial charge on any atom is -0.491 e. The molecule has 136 valence electrons. The molecule has 1 aliphatic heterocycles. The van der Waals surface area contributed by atoms with Gasteiger partial charge in [-0.05, 0) is 49.6 Å². The Morgan fingerprint density at radius 1 is 1.15 bits per heavy atom. The second-order valence-corrected chi connectivity index (χ2v) is 7.91. The fourth-order valence-electron chi connectivity index (χ4n) is 2.61. The van der Waals surface area contributed by atoms with Crippen LogP contribution >= 0.6 is 23.1 Å². The molecule has 1 aliphatic rings. The third-order valence-electron chi connectivity index (χ3n) is 3.61. The molecule has 0 atom stereocenters. The molecule has 0 saturated carbocycles. The fraction of sp³-hybridized carbons (Fsp3) is 0.263. The predicted molar refractivity (Wildman–Crippen MR) is 105 cm³/mol. The Bertz CT molecular complexity index is 826. The smallest absolute Gasteiger partial charge is 0.272 e. The van der Waals surface area contributed by atoms with E-state index in [1.807, 2.05) is 31.4 Å². The van der Waals surface area contributed by atoms with Gasteiger partial charge < -0.3 is 9.84 Å². The zero-order valence-electron chi connectivity index (χ0n) is 14.5. The maximum absolute atomic E-state index is 13.0. The first-order valence-electron chi connectivity index (χ1n) is 8.20. The molecular formula is C19H19NO4S2. The number of thioether (sulfide) groups is 1. The summed E-state index contributed by atoms with van der Waals surface area (Å²) >= 11 is 2.63. The SMILES string of the molecule is CC(C)Oc1ccc(N2C(=O)C(SCCO)=C(c3cccs3)C2=O)cc1. The summed E-state index contributed by atoms with van der Waals surface area (Å²) in [5.41, 5.74) is 0.913. The summed E-state index contributed by atoms with van der Waals surface area (Å²) < 4.78 is 5.61. The summed E-state index contributed by atoms with van der Waals surface area (Å²) in [5.74, 6) is 0.354. The number of nitrogens with zero attached hydrogens (tertiary/aromatic N) is 1. The van der Waals surface area contributed by atoms with Crippen LogP contribution in [0.1, 0.15) is 18.7 Å². The minimum atomic E-state index is -0.352. The van der Waals surface area contributed by atoms with Crippen molar-refractivity contribution >= 4 is 46.2 Å². The zero-order valence-corrected chi connectivity index (χ0v) is 16.1. The molecule has 2 heterocycles. The number of ether oxygens (including phenoxy) is 1. The molecule has 0 fully saturated rings. The molecule has 2 aromatic rings. The first-order chi connectivity index (χ1) is 12.5. The maximum Gasteiger partial charge on any atom is 0.272 e.